The molecule has 0 bridgehead atoms. The van der Waals surface area contributed by atoms with Crippen molar-refractivity contribution in [1.29, 1.82) is 0 Å². The number of nitrogens with one attached hydrogen (secondary N) is 1. The van der Waals surface area contributed by atoms with Crippen molar-refractivity contribution in [2.45, 2.75) is 32.9 Å². The van der Waals surface area contributed by atoms with Crippen LogP contribution in [0.3, 0.4) is 0 Å². The number of hydrogen-bond acceptors (Lipinski definition) is 4. The van der Waals surface area contributed by atoms with Crippen LogP contribution in [-0.4, -0.2) is 32.5 Å². The summed E-state index contributed by atoms with van der Waals surface area (Å²) in [6, 6.07) is 0. The minimum atomic E-state index is -3.62. The number of unbranched alkanes of at least 4 members (excludes halogenated alkanes) is 1. The number of nitrogens with zero attached hydrogens (tertiary/aromatic N) is 1. The second-order valence-corrected chi connectivity index (χ2v) is 6.25. The van der Waals surface area contributed by atoms with Crippen LogP contribution in [0, 0.1) is 0 Å². The topological polar surface area (TPSA) is 84.7 Å². The molecule has 1 atom stereocenters. The standard InChI is InChI=1S/C13H23N3O3S/c1-5-7-9-19-10(3)12-11(8-6-2)15-20(17,18)16(4)13(12)14/h6,8,13,15H,3,5,7,9,14H2,1-2,4H3/b8-6-/t13-/m0/s1. The van der Waals surface area contributed by atoms with Crippen LogP contribution in [0.2, 0.25) is 0 Å². The van der Waals surface area contributed by atoms with Crippen molar-refractivity contribution in [1.82, 2.24) is 9.03 Å². The summed E-state index contributed by atoms with van der Waals surface area (Å²) < 4.78 is 32.9. The molecular formula is C13H23N3O3S. The van der Waals surface area contributed by atoms with E-state index in [-0.39, 0.29) is 0 Å². The summed E-state index contributed by atoms with van der Waals surface area (Å²) >= 11 is 0. The number of ether oxygens (including phenoxy) is 1. The SMILES string of the molecule is C=C(OCCCC)C1=C(/C=C\C)NS(=O)(=O)N(C)[C@@H]1N. The molecule has 0 aliphatic carbocycles. The second-order valence-electron chi connectivity index (χ2n) is 4.52. The number of rotatable bonds is 6. The molecule has 1 aliphatic rings. The predicted octanol–water partition coefficient (Wildman–Crippen LogP) is 1.21. The highest BCUT2D eigenvalue weighted by Crippen LogP contribution is 2.25. The Morgan fingerprint density at radius 2 is 2.25 bits per heavy atom. The average Bonchev–Trinajstić information content (AvgIpc) is 2.36. The Morgan fingerprint density at radius 3 is 2.80 bits per heavy atom. The molecule has 3 N–H and O–H groups in total. The molecule has 0 saturated heterocycles. The molecule has 0 fully saturated rings. The molecule has 0 radical (unpaired) electrons. The van der Waals surface area contributed by atoms with E-state index >= 15 is 0 Å². The Hall–Kier alpha value is -1.31. The van der Waals surface area contributed by atoms with Gasteiger partial charge in [0.1, 0.15) is 11.9 Å². The first-order chi connectivity index (χ1) is 9.35. The van der Waals surface area contributed by atoms with Gasteiger partial charge in [0.25, 0.3) is 0 Å². The van der Waals surface area contributed by atoms with Crippen molar-refractivity contribution in [2.75, 3.05) is 13.7 Å². The Morgan fingerprint density at radius 1 is 1.60 bits per heavy atom. The molecule has 0 spiro atoms. The van der Waals surface area contributed by atoms with Crippen LogP contribution >= 0.6 is 0 Å². The van der Waals surface area contributed by atoms with Crippen LogP contribution in [-0.2, 0) is 14.9 Å². The van der Waals surface area contributed by atoms with E-state index in [1.165, 1.54) is 7.05 Å². The molecule has 1 rings (SSSR count). The summed E-state index contributed by atoms with van der Waals surface area (Å²) in [7, 11) is -2.21. The zero-order chi connectivity index (χ0) is 15.3. The van der Waals surface area contributed by atoms with Crippen molar-refractivity contribution in [3.05, 3.63) is 35.8 Å². The third-order valence-electron chi connectivity index (χ3n) is 3.00. The largest absolute Gasteiger partial charge is 0.494 e. The van der Waals surface area contributed by atoms with Gasteiger partial charge in [-0.15, -0.1) is 0 Å². The minimum Gasteiger partial charge on any atom is -0.494 e. The first-order valence-corrected chi connectivity index (χ1v) is 7.99. The maximum absolute atomic E-state index is 11.9. The van der Waals surface area contributed by atoms with E-state index in [0.29, 0.717) is 23.6 Å². The Balaban J connectivity index is 3.11. The van der Waals surface area contributed by atoms with Crippen molar-refractivity contribution < 1.29 is 13.2 Å². The average molecular weight is 301 g/mol. The number of likely N-dealkylation sites (N-methyl/N-ethyl adjacent to an activating group) is 1. The summed E-state index contributed by atoms with van der Waals surface area (Å²) in [5.41, 5.74) is 6.95. The quantitative estimate of drug-likeness (QED) is 0.570. The zero-order valence-corrected chi connectivity index (χ0v) is 13.0. The molecule has 0 aromatic rings. The molecular weight excluding hydrogens is 278 g/mol. The van der Waals surface area contributed by atoms with Gasteiger partial charge >= 0.3 is 10.2 Å². The summed E-state index contributed by atoms with van der Waals surface area (Å²) in [5, 5.41) is 0. The van der Waals surface area contributed by atoms with Gasteiger partial charge in [-0.3, -0.25) is 4.72 Å². The molecule has 0 aromatic heterocycles. The van der Waals surface area contributed by atoms with E-state index < -0.39 is 16.4 Å². The van der Waals surface area contributed by atoms with Gasteiger partial charge in [-0.25, -0.2) is 0 Å². The van der Waals surface area contributed by atoms with Crippen molar-refractivity contribution >= 4 is 10.2 Å². The first kappa shape index (κ1) is 16.7. The van der Waals surface area contributed by atoms with E-state index in [4.69, 9.17) is 10.5 Å². The summed E-state index contributed by atoms with van der Waals surface area (Å²) in [6.07, 6.45) is 4.47. The fourth-order valence-electron chi connectivity index (χ4n) is 1.78. The highest BCUT2D eigenvalue weighted by molar-refractivity contribution is 7.87. The third-order valence-corrected chi connectivity index (χ3v) is 4.47. The maximum Gasteiger partial charge on any atom is 0.303 e. The van der Waals surface area contributed by atoms with Gasteiger partial charge in [0.05, 0.1) is 17.9 Å². The summed E-state index contributed by atoms with van der Waals surface area (Å²) in [6.45, 7) is 8.25. The normalized spacial score (nSPS) is 22.9. The lowest BCUT2D eigenvalue weighted by Gasteiger charge is -2.33. The van der Waals surface area contributed by atoms with Crippen molar-refractivity contribution in [3.8, 4) is 0 Å². The zero-order valence-electron chi connectivity index (χ0n) is 12.2. The summed E-state index contributed by atoms with van der Waals surface area (Å²) in [4.78, 5) is 0. The Labute approximate surface area is 121 Å². The lowest BCUT2D eigenvalue weighted by molar-refractivity contribution is 0.207. The lowest BCUT2D eigenvalue weighted by atomic mass is 10.1. The Bertz CT molecular complexity index is 523. The van der Waals surface area contributed by atoms with Gasteiger partial charge in [-0.05, 0) is 19.4 Å². The molecule has 114 valence electrons. The van der Waals surface area contributed by atoms with Crippen LogP contribution < -0.4 is 10.5 Å². The van der Waals surface area contributed by atoms with Crippen LogP contribution in [0.1, 0.15) is 26.7 Å². The molecule has 0 saturated carbocycles. The van der Waals surface area contributed by atoms with E-state index in [1.54, 1.807) is 19.1 Å². The van der Waals surface area contributed by atoms with Crippen molar-refractivity contribution in [2.24, 2.45) is 5.73 Å². The van der Waals surface area contributed by atoms with Gasteiger partial charge in [-0.1, -0.05) is 26.0 Å². The molecule has 7 heteroatoms. The summed E-state index contributed by atoms with van der Waals surface area (Å²) in [5.74, 6) is 0.397. The molecule has 0 aromatic carbocycles. The van der Waals surface area contributed by atoms with Gasteiger partial charge < -0.3 is 10.5 Å². The highest BCUT2D eigenvalue weighted by atomic mass is 32.2. The van der Waals surface area contributed by atoms with Gasteiger partial charge in [0, 0.05) is 7.05 Å². The fraction of sp³-hybridized carbons (Fsp3) is 0.538. The minimum absolute atomic E-state index is 0.397. The maximum atomic E-state index is 11.9. The Kier molecular flexibility index (Phi) is 5.79. The molecule has 6 nitrogen and oxygen atoms in total. The lowest BCUT2D eigenvalue weighted by Crippen LogP contribution is -2.54. The number of hydrogen-bond donors (Lipinski definition) is 2. The van der Waals surface area contributed by atoms with Crippen LogP contribution in [0.5, 0.6) is 0 Å². The van der Waals surface area contributed by atoms with Gasteiger partial charge in [0.2, 0.25) is 0 Å². The molecule has 1 aliphatic heterocycles. The van der Waals surface area contributed by atoms with Crippen LogP contribution in [0.25, 0.3) is 0 Å². The van der Waals surface area contributed by atoms with E-state index in [1.807, 2.05) is 0 Å². The van der Waals surface area contributed by atoms with E-state index in [0.717, 1.165) is 17.1 Å². The number of nitrogens with two attached hydrogens (primary N) is 1. The fourth-order valence-corrected chi connectivity index (χ4v) is 2.78. The van der Waals surface area contributed by atoms with Crippen molar-refractivity contribution in [3.63, 3.8) is 0 Å². The predicted molar refractivity (Wildman–Crippen MR) is 79.6 cm³/mol. The molecule has 1 heterocycles. The molecule has 0 unspecified atom stereocenters. The monoisotopic (exact) mass is 301 g/mol. The third kappa shape index (κ3) is 3.62. The highest BCUT2D eigenvalue weighted by Gasteiger charge is 2.35. The van der Waals surface area contributed by atoms with Crippen LogP contribution in [0.15, 0.2) is 35.8 Å². The van der Waals surface area contributed by atoms with Gasteiger partial charge in [0.15, 0.2) is 0 Å². The molecule has 20 heavy (non-hydrogen) atoms. The number of allylic oxidation sites excluding steroid dienone is 2. The van der Waals surface area contributed by atoms with E-state index in [9.17, 15) is 8.42 Å². The molecule has 0 amide bonds. The first-order valence-electron chi connectivity index (χ1n) is 6.55. The second kappa shape index (κ2) is 6.92. The smallest absolute Gasteiger partial charge is 0.303 e. The van der Waals surface area contributed by atoms with Crippen LogP contribution in [0.4, 0.5) is 0 Å². The van der Waals surface area contributed by atoms with E-state index in [2.05, 4.69) is 18.2 Å². The van der Waals surface area contributed by atoms with Gasteiger partial charge in [-0.2, -0.15) is 12.7 Å².